The van der Waals surface area contributed by atoms with Gasteiger partial charge in [0.05, 0.1) is 0 Å². The van der Waals surface area contributed by atoms with Crippen molar-refractivity contribution in [1.29, 1.82) is 0 Å². The van der Waals surface area contributed by atoms with Crippen molar-refractivity contribution in [2.24, 2.45) is 0 Å². The molecule has 1 amide bonds. The molecule has 1 N–H and O–H groups in total. The summed E-state index contributed by atoms with van der Waals surface area (Å²) in [6, 6.07) is 15.3. The molecule has 1 atom stereocenters. The van der Waals surface area contributed by atoms with Gasteiger partial charge < -0.3 is 14.8 Å². The van der Waals surface area contributed by atoms with Gasteiger partial charge in [-0.05, 0) is 46.6 Å². The molecule has 0 bridgehead atoms. The normalized spacial score (nSPS) is 20.7. The molecular formula is C24H19NO5. The molecule has 0 aromatic heterocycles. The van der Waals surface area contributed by atoms with Gasteiger partial charge in [-0.1, -0.05) is 48.5 Å². The van der Waals surface area contributed by atoms with Crippen molar-refractivity contribution in [2.45, 2.75) is 24.0 Å². The summed E-state index contributed by atoms with van der Waals surface area (Å²) < 4.78 is 10.9. The highest BCUT2D eigenvalue weighted by Gasteiger charge is 2.45. The van der Waals surface area contributed by atoms with Gasteiger partial charge >= 0.3 is 12.1 Å². The number of esters is 1. The minimum atomic E-state index is -0.980. The smallest absolute Gasteiger partial charge is 0.407 e. The van der Waals surface area contributed by atoms with E-state index in [-0.39, 0.29) is 24.7 Å². The van der Waals surface area contributed by atoms with Crippen molar-refractivity contribution >= 4 is 17.8 Å². The van der Waals surface area contributed by atoms with Crippen LogP contribution in [0.15, 0.2) is 72.8 Å². The molecule has 2 aromatic carbocycles. The quantitative estimate of drug-likeness (QED) is 0.799. The Labute approximate surface area is 173 Å². The third-order valence-corrected chi connectivity index (χ3v) is 5.79. The molecule has 1 aliphatic heterocycles. The lowest BCUT2D eigenvalue weighted by Crippen LogP contribution is -2.39. The van der Waals surface area contributed by atoms with Crippen molar-refractivity contribution in [3.63, 3.8) is 0 Å². The summed E-state index contributed by atoms with van der Waals surface area (Å²) in [5.74, 6) is -0.767. The van der Waals surface area contributed by atoms with Gasteiger partial charge in [-0.3, -0.25) is 4.79 Å². The molecule has 1 fully saturated rings. The average Bonchev–Trinajstić information content (AvgIpc) is 3.23. The standard InChI is InChI=1S/C24H19NO5/c26-15-9-11-24(12-10-15)13-21(22(27)30-24)25-23(28)29-14-20-18-7-3-1-5-16(18)17-6-2-4-8-19(17)20/h1-12,20-21H,13-14H2,(H,25,28)/t21-/m0/s1. The SMILES string of the molecule is O=C1C=CC2(C=C1)C[C@H](NC(=O)OCC1c3ccccc3-c3ccccc31)C(=O)O2. The Morgan fingerprint density at radius 1 is 1.00 bits per heavy atom. The van der Waals surface area contributed by atoms with Crippen LogP contribution in [0.3, 0.4) is 0 Å². The number of amides is 1. The van der Waals surface area contributed by atoms with E-state index in [1.807, 2.05) is 36.4 Å². The number of benzene rings is 2. The predicted molar refractivity (Wildman–Crippen MR) is 109 cm³/mol. The highest BCUT2D eigenvalue weighted by molar-refractivity contribution is 6.01. The van der Waals surface area contributed by atoms with Crippen LogP contribution < -0.4 is 5.32 Å². The summed E-state index contributed by atoms with van der Waals surface area (Å²) in [5.41, 5.74) is 3.55. The Kier molecular flexibility index (Phi) is 4.28. The van der Waals surface area contributed by atoms with Crippen LogP contribution in [0.1, 0.15) is 23.5 Å². The zero-order chi connectivity index (χ0) is 20.7. The second-order valence-corrected chi connectivity index (χ2v) is 7.67. The largest absolute Gasteiger partial charge is 0.449 e. The van der Waals surface area contributed by atoms with Crippen LogP contribution in [0.4, 0.5) is 4.79 Å². The molecule has 0 radical (unpaired) electrons. The molecule has 6 nitrogen and oxygen atoms in total. The van der Waals surface area contributed by atoms with Crippen LogP contribution in [0.25, 0.3) is 11.1 Å². The second-order valence-electron chi connectivity index (χ2n) is 7.67. The van der Waals surface area contributed by atoms with Gasteiger partial charge in [0.15, 0.2) is 11.4 Å². The molecule has 0 unspecified atom stereocenters. The zero-order valence-electron chi connectivity index (χ0n) is 16.0. The van der Waals surface area contributed by atoms with E-state index in [0.717, 1.165) is 22.3 Å². The van der Waals surface area contributed by atoms with Crippen LogP contribution in [-0.2, 0) is 19.1 Å². The van der Waals surface area contributed by atoms with Gasteiger partial charge in [0.2, 0.25) is 0 Å². The van der Waals surface area contributed by atoms with E-state index in [4.69, 9.17) is 9.47 Å². The fraction of sp³-hybridized carbons (Fsp3) is 0.208. The van der Waals surface area contributed by atoms with Crippen molar-refractivity contribution in [3.05, 3.63) is 84.0 Å². The molecular weight excluding hydrogens is 382 g/mol. The van der Waals surface area contributed by atoms with Gasteiger partial charge in [-0.25, -0.2) is 9.59 Å². The Hall–Kier alpha value is -3.67. The summed E-state index contributed by atoms with van der Waals surface area (Å²) in [4.78, 5) is 36.0. The molecule has 2 aliphatic carbocycles. The maximum atomic E-state index is 12.4. The highest BCUT2D eigenvalue weighted by Crippen LogP contribution is 2.44. The lowest BCUT2D eigenvalue weighted by Gasteiger charge is -2.21. The number of hydrogen-bond donors (Lipinski definition) is 1. The maximum absolute atomic E-state index is 12.4. The van der Waals surface area contributed by atoms with Crippen LogP contribution >= 0.6 is 0 Å². The van der Waals surface area contributed by atoms with Crippen molar-refractivity contribution < 1.29 is 23.9 Å². The monoisotopic (exact) mass is 401 g/mol. The van der Waals surface area contributed by atoms with Gasteiger partial charge in [0.25, 0.3) is 0 Å². The molecule has 1 spiro atoms. The highest BCUT2D eigenvalue weighted by atomic mass is 16.6. The number of allylic oxidation sites excluding steroid dienone is 2. The first kappa shape index (κ1) is 18.4. The van der Waals surface area contributed by atoms with Gasteiger partial charge in [-0.15, -0.1) is 0 Å². The number of alkyl carbamates (subject to hydrolysis) is 1. The van der Waals surface area contributed by atoms with Crippen molar-refractivity contribution in [3.8, 4) is 11.1 Å². The van der Waals surface area contributed by atoms with Gasteiger partial charge in [0, 0.05) is 12.3 Å². The lowest BCUT2D eigenvalue weighted by molar-refractivity contribution is -0.144. The van der Waals surface area contributed by atoms with Crippen LogP contribution in [0, 0.1) is 0 Å². The predicted octanol–water partition coefficient (Wildman–Crippen LogP) is 3.27. The van der Waals surface area contributed by atoms with Crippen LogP contribution in [0.5, 0.6) is 0 Å². The Morgan fingerprint density at radius 2 is 1.60 bits per heavy atom. The number of hydrogen-bond acceptors (Lipinski definition) is 5. The molecule has 6 heteroatoms. The molecule has 150 valence electrons. The summed E-state index contributed by atoms with van der Waals surface area (Å²) in [6.45, 7) is 0.168. The summed E-state index contributed by atoms with van der Waals surface area (Å²) in [6.07, 6.45) is 5.37. The van der Waals surface area contributed by atoms with E-state index in [2.05, 4.69) is 17.4 Å². The van der Waals surface area contributed by atoms with Crippen LogP contribution in [-0.4, -0.2) is 36.1 Å². The third-order valence-electron chi connectivity index (χ3n) is 5.79. The molecule has 3 aliphatic rings. The van der Waals surface area contributed by atoms with E-state index >= 15 is 0 Å². The number of carbonyl (C=O) groups excluding carboxylic acids is 3. The van der Waals surface area contributed by atoms with E-state index in [0.29, 0.717) is 0 Å². The Balaban J connectivity index is 1.25. The second kappa shape index (κ2) is 6.99. The molecule has 30 heavy (non-hydrogen) atoms. The Bertz CT molecular complexity index is 1050. The van der Waals surface area contributed by atoms with Gasteiger partial charge in [0.1, 0.15) is 12.6 Å². The van der Waals surface area contributed by atoms with Crippen molar-refractivity contribution in [1.82, 2.24) is 5.32 Å². The number of ketones is 1. The Morgan fingerprint density at radius 3 is 2.23 bits per heavy atom. The fourth-order valence-corrected chi connectivity index (χ4v) is 4.36. The molecule has 0 saturated carbocycles. The maximum Gasteiger partial charge on any atom is 0.407 e. The van der Waals surface area contributed by atoms with Crippen LogP contribution in [0.2, 0.25) is 0 Å². The van der Waals surface area contributed by atoms with Crippen molar-refractivity contribution in [2.75, 3.05) is 6.61 Å². The number of nitrogens with one attached hydrogen (secondary N) is 1. The third kappa shape index (κ3) is 3.10. The zero-order valence-corrected chi connectivity index (χ0v) is 16.0. The van der Waals surface area contributed by atoms with E-state index in [1.165, 1.54) is 12.2 Å². The molecule has 2 aromatic rings. The topological polar surface area (TPSA) is 81.7 Å². The molecule has 5 rings (SSSR count). The fourth-order valence-electron chi connectivity index (χ4n) is 4.36. The number of fused-ring (bicyclic) bond motifs is 3. The summed E-state index contributed by atoms with van der Waals surface area (Å²) >= 11 is 0. The lowest BCUT2D eigenvalue weighted by atomic mass is 9.93. The minimum Gasteiger partial charge on any atom is -0.449 e. The first-order valence-electron chi connectivity index (χ1n) is 9.81. The number of carbonyl (C=O) groups is 3. The minimum absolute atomic E-state index is 0.0553. The first-order valence-corrected chi connectivity index (χ1v) is 9.81. The number of rotatable bonds is 3. The molecule has 1 heterocycles. The number of ether oxygens (including phenoxy) is 2. The molecule has 1 saturated heterocycles. The van der Waals surface area contributed by atoms with Gasteiger partial charge in [-0.2, -0.15) is 0 Å². The van der Waals surface area contributed by atoms with E-state index < -0.39 is 23.7 Å². The summed E-state index contributed by atoms with van der Waals surface area (Å²) in [5, 5.41) is 2.59. The van der Waals surface area contributed by atoms with E-state index in [9.17, 15) is 14.4 Å². The average molecular weight is 401 g/mol. The first-order chi connectivity index (χ1) is 14.5. The van der Waals surface area contributed by atoms with E-state index in [1.54, 1.807) is 12.2 Å². The summed E-state index contributed by atoms with van der Waals surface area (Å²) in [7, 11) is 0.